The first-order valence-corrected chi connectivity index (χ1v) is 4.31. The third-order valence-corrected chi connectivity index (χ3v) is 2.42. The summed E-state index contributed by atoms with van der Waals surface area (Å²) in [5, 5.41) is 10.6. The second-order valence-electron chi connectivity index (χ2n) is 2.54. The molecule has 1 atom stereocenters. The number of rotatable bonds is 1. The summed E-state index contributed by atoms with van der Waals surface area (Å²) < 4.78 is 0.636. The highest BCUT2D eigenvalue weighted by Crippen LogP contribution is 2.26. The summed E-state index contributed by atoms with van der Waals surface area (Å²) in [5.41, 5.74) is 0.535. The minimum atomic E-state index is -0.829. The summed E-state index contributed by atoms with van der Waals surface area (Å²) in [5.74, 6) is 0.427. The monoisotopic (exact) mass is 241 g/mol. The van der Waals surface area contributed by atoms with E-state index in [9.17, 15) is 10.1 Å². The van der Waals surface area contributed by atoms with Crippen LogP contribution in [0.15, 0.2) is 32.3 Å². The molecule has 0 saturated heterocycles. The van der Waals surface area contributed by atoms with Gasteiger partial charge in [-0.15, -0.1) is 0 Å². The molecule has 2 rings (SSSR count). The van der Waals surface area contributed by atoms with E-state index in [2.05, 4.69) is 25.9 Å². The largest absolute Gasteiger partial charge is 0.264 e. The number of nitrogens with zero attached hydrogens (tertiary/aromatic N) is 3. The van der Waals surface area contributed by atoms with Crippen LogP contribution in [0.1, 0.15) is 0 Å². The average Bonchev–Trinajstić information content (AvgIpc) is 2.48. The number of hydrogen-bond donors (Lipinski definition) is 0. The van der Waals surface area contributed by atoms with E-state index in [1.165, 1.54) is 18.5 Å². The highest BCUT2D eigenvalue weighted by Gasteiger charge is 2.33. The summed E-state index contributed by atoms with van der Waals surface area (Å²) in [4.78, 5) is 18.1. The number of hydrogen-bond acceptors (Lipinski definition) is 4. The third-order valence-electron chi connectivity index (χ3n) is 1.79. The molecule has 0 unspecified atom stereocenters. The van der Waals surface area contributed by atoms with Gasteiger partial charge in [-0.25, -0.2) is 9.98 Å². The van der Waals surface area contributed by atoms with Gasteiger partial charge in [-0.2, -0.15) is 0 Å². The van der Waals surface area contributed by atoms with Gasteiger partial charge in [0, 0.05) is 23.4 Å². The van der Waals surface area contributed by atoms with Gasteiger partial charge >= 0.3 is 0 Å². The van der Waals surface area contributed by atoms with E-state index >= 15 is 0 Å². The zero-order valence-corrected chi connectivity index (χ0v) is 7.93. The van der Waals surface area contributed by atoms with Crippen LogP contribution in [0.2, 0.25) is 0 Å². The van der Waals surface area contributed by atoms with Crippen LogP contribution in [0.4, 0.5) is 0 Å². The van der Waals surface area contributed by atoms with Gasteiger partial charge in [-0.3, -0.25) is 10.1 Å². The molecule has 0 bridgehead atoms. The van der Waals surface area contributed by atoms with Crippen LogP contribution in [0.5, 0.6) is 0 Å². The van der Waals surface area contributed by atoms with Crippen LogP contribution in [0, 0.1) is 10.1 Å². The van der Waals surface area contributed by atoms with Gasteiger partial charge in [0.1, 0.15) is 0 Å². The molecule has 2 heterocycles. The Hall–Kier alpha value is -1.30. The minimum Gasteiger partial charge on any atom is -0.264 e. The molecule has 66 valence electrons. The first-order valence-electron chi connectivity index (χ1n) is 3.52. The number of aliphatic imine (C=N–C) groups is 2. The molecule has 0 aromatic rings. The van der Waals surface area contributed by atoms with Crippen molar-refractivity contribution in [2.24, 2.45) is 9.98 Å². The van der Waals surface area contributed by atoms with E-state index in [1.54, 1.807) is 0 Å². The Labute approximate surface area is 81.8 Å². The lowest BCUT2D eigenvalue weighted by Gasteiger charge is -2.09. The maximum atomic E-state index is 10.6. The lowest BCUT2D eigenvalue weighted by atomic mass is 10.1. The Morgan fingerprint density at radius 3 is 3.08 bits per heavy atom. The first-order chi connectivity index (χ1) is 6.20. The van der Waals surface area contributed by atoms with Gasteiger partial charge in [0.15, 0.2) is 5.84 Å². The van der Waals surface area contributed by atoms with E-state index < -0.39 is 6.04 Å². The zero-order chi connectivity index (χ0) is 9.42. The van der Waals surface area contributed by atoms with Gasteiger partial charge in [-0.1, -0.05) is 0 Å². The summed E-state index contributed by atoms with van der Waals surface area (Å²) in [6.45, 7) is 0. The fraction of sp³-hybridized carbons (Fsp3) is 0.143. The van der Waals surface area contributed by atoms with Crippen molar-refractivity contribution in [1.82, 2.24) is 0 Å². The second kappa shape index (κ2) is 2.88. The van der Waals surface area contributed by atoms with Crippen molar-refractivity contribution in [3.05, 3.63) is 32.4 Å². The van der Waals surface area contributed by atoms with Crippen molar-refractivity contribution in [1.29, 1.82) is 0 Å². The van der Waals surface area contributed by atoms with E-state index in [0.29, 0.717) is 15.9 Å². The molecule has 0 aliphatic carbocycles. The topological polar surface area (TPSA) is 67.9 Å². The van der Waals surface area contributed by atoms with E-state index in [4.69, 9.17) is 0 Å². The van der Waals surface area contributed by atoms with Crippen LogP contribution in [0.3, 0.4) is 0 Å². The van der Waals surface area contributed by atoms with Crippen LogP contribution in [-0.4, -0.2) is 23.0 Å². The molecule has 0 saturated carbocycles. The van der Waals surface area contributed by atoms with Crippen LogP contribution < -0.4 is 0 Å². The van der Waals surface area contributed by atoms with Crippen molar-refractivity contribution in [3.8, 4) is 0 Å². The Morgan fingerprint density at radius 1 is 1.62 bits per heavy atom. The summed E-state index contributed by atoms with van der Waals surface area (Å²) in [7, 11) is 0. The van der Waals surface area contributed by atoms with Crippen molar-refractivity contribution >= 4 is 28.0 Å². The van der Waals surface area contributed by atoms with Gasteiger partial charge < -0.3 is 0 Å². The molecule has 0 aromatic carbocycles. The number of nitro groups is 1. The van der Waals surface area contributed by atoms with Crippen molar-refractivity contribution < 1.29 is 4.92 Å². The Morgan fingerprint density at radius 2 is 2.38 bits per heavy atom. The van der Waals surface area contributed by atoms with Crippen molar-refractivity contribution in [3.63, 3.8) is 0 Å². The van der Waals surface area contributed by atoms with Crippen LogP contribution in [-0.2, 0) is 0 Å². The number of halogens is 1. The molecule has 0 N–H and O–H groups in total. The quantitative estimate of drug-likeness (QED) is 0.513. The summed E-state index contributed by atoms with van der Waals surface area (Å²) in [6.07, 6.45) is 4.38. The highest BCUT2D eigenvalue weighted by atomic mass is 79.9. The molecular formula is C7H4BrN3O2. The smallest absolute Gasteiger partial charge is 0.262 e. The SMILES string of the molecule is O=[N+]([O-])[C@@H]1C=CN=C2N=CC(Br)=C21. The predicted octanol–water partition coefficient (Wildman–Crippen LogP) is 1.29. The van der Waals surface area contributed by atoms with Crippen molar-refractivity contribution in [2.75, 3.05) is 0 Å². The predicted molar refractivity (Wildman–Crippen MR) is 51.8 cm³/mol. The Kier molecular flexibility index (Phi) is 1.84. The van der Waals surface area contributed by atoms with Gasteiger partial charge in [0.2, 0.25) is 0 Å². The molecule has 13 heavy (non-hydrogen) atoms. The molecular weight excluding hydrogens is 238 g/mol. The lowest BCUT2D eigenvalue weighted by molar-refractivity contribution is -0.498. The van der Waals surface area contributed by atoms with Gasteiger partial charge in [-0.05, 0) is 15.9 Å². The fourth-order valence-corrected chi connectivity index (χ4v) is 1.72. The number of fused-ring (bicyclic) bond motifs is 1. The number of allylic oxidation sites excluding steroid dienone is 1. The lowest BCUT2D eigenvalue weighted by Crippen LogP contribution is -2.25. The maximum absolute atomic E-state index is 10.6. The van der Waals surface area contributed by atoms with E-state index in [1.807, 2.05) is 0 Å². The van der Waals surface area contributed by atoms with Crippen LogP contribution in [0.25, 0.3) is 0 Å². The highest BCUT2D eigenvalue weighted by molar-refractivity contribution is 9.12. The summed E-state index contributed by atoms with van der Waals surface area (Å²) in [6, 6.07) is -0.829. The molecule has 0 spiro atoms. The minimum absolute atomic E-state index is 0.365. The average molecular weight is 242 g/mol. The van der Waals surface area contributed by atoms with Crippen LogP contribution >= 0.6 is 15.9 Å². The van der Waals surface area contributed by atoms with Gasteiger partial charge in [0.05, 0.1) is 10.1 Å². The Bertz CT molecular complexity index is 395. The molecule has 0 radical (unpaired) electrons. The Balaban J connectivity index is 2.48. The first kappa shape index (κ1) is 8.31. The molecule has 0 amide bonds. The molecule has 0 fully saturated rings. The van der Waals surface area contributed by atoms with Crippen molar-refractivity contribution in [2.45, 2.75) is 6.04 Å². The molecule has 5 nitrogen and oxygen atoms in total. The zero-order valence-electron chi connectivity index (χ0n) is 6.35. The van der Waals surface area contributed by atoms with E-state index in [-0.39, 0.29) is 4.92 Å². The normalized spacial score (nSPS) is 24.7. The summed E-state index contributed by atoms with van der Waals surface area (Å²) >= 11 is 3.20. The molecule has 2 aliphatic rings. The molecule has 6 heteroatoms. The maximum Gasteiger partial charge on any atom is 0.262 e. The van der Waals surface area contributed by atoms with E-state index in [0.717, 1.165) is 0 Å². The molecule has 2 aliphatic heterocycles. The second-order valence-corrected chi connectivity index (χ2v) is 3.40. The fourth-order valence-electron chi connectivity index (χ4n) is 1.21. The van der Waals surface area contributed by atoms with Gasteiger partial charge in [0.25, 0.3) is 6.04 Å². The third kappa shape index (κ3) is 1.23. The number of amidine groups is 1. The standard InChI is InChI=1S/C7H4BrN3O2/c8-4-3-10-7-6(4)5(11(12)13)1-2-9-7/h1-3,5H/t5-/m1/s1. The molecule has 0 aromatic heterocycles.